The molecule has 0 nitrogen and oxygen atoms in total. The lowest BCUT2D eigenvalue weighted by molar-refractivity contribution is 1.96. The van der Waals surface area contributed by atoms with Crippen molar-refractivity contribution in [3.05, 3.63) is 0 Å². The second-order valence-corrected chi connectivity index (χ2v) is 2.23. The Hall–Kier alpha value is 1.74. The standard InChI is InChI=1S/CHCl3.3ClH/c2-1(3)4;;;/h1H;3*1H. The minimum absolute atomic E-state index is 0. The maximum Gasteiger partial charge on any atom is 0.180 e. The van der Waals surface area contributed by atoms with Crippen LogP contribution in [0.2, 0.25) is 0 Å². The smallest absolute Gasteiger partial charge is 0.147 e. The van der Waals surface area contributed by atoms with E-state index in [2.05, 4.69) is 0 Å². The molecule has 50 valence electrons. The van der Waals surface area contributed by atoms with Gasteiger partial charge in [0, 0.05) is 0 Å². The van der Waals surface area contributed by atoms with Crippen molar-refractivity contribution in [2.75, 3.05) is 0 Å². The molecule has 0 spiro atoms. The average Bonchev–Trinajstić information content (AvgIpc) is 0.811. The van der Waals surface area contributed by atoms with E-state index in [0.29, 0.717) is 0 Å². The van der Waals surface area contributed by atoms with Crippen LogP contribution in [0.5, 0.6) is 0 Å². The first kappa shape index (κ1) is 23.3. The molecule has 0 saturated heterocycles. The van der Waals surface area contributed by atoms with Crippen LogP contribution in [-0.4, -0.2) is 4.30 Å². The van der Waals surface area contributed by atoms with E-state index in [-0.39, 0.29) is 37.2 Å². The highest BCUT2D eigenvalue weighted by atomic mass is 35.6. The lowest BCUT2D eigenvalue weighted by atomic mass is 11.9. The van der Waals surface area contributed by atoms with Gasteiger partial charge in [-0.05, 0) is 0 Å². The maximum absolute atomic E-state index is 4.81. The van der Waals surface area contributed by atoms with Gasteiger partial charge < -0.3 is 0 Å². The van der Waals surface area contributed by atoms with Crippen molar-refractivity contribution in [3.8, 4) is 0 Å². The molecule has 0 rings (SSSR count). The zero-order chi connectivity index (χ0) is 3.58. The Morgan fingerprint density at radius 3 is 0.714 bits per heavy atom. The number of alkyl halides is 3. The Bertz CT molecular complexity index is 8.90. The fourth-order valence-corrected chi connectivity index (χ4v) is 0. The number of hydrogen-bond donors (Lipinski definition) is 0. The fourth-order valence-electron chi connectivity index (χ4n) is 0. The first-order valence-electron chi connectivity index (χ1n) is 0.655. The highest BCUT2D eigenvalue weighted by molar-refractivity contribution is 6.63. The molecule has 0 aliphatic rings. The van der Waals surface area contributed by atoms with E-state index in [1.807, 2.05) is 0 Å². The fraction of sp³-hybridized carbons (Fsp3) is 1.00. The molecule has 0 N–H and O–H groups in total. The monoisotopic (exact) mass is 226 g/mol. The van der Waals surface area contributed by atoms with Gasteiger partial charge in [-0.25, -0.2) is 0 Å². The van der Waals surface area contributed by atoms with Crippen molar-refractivity contribution in [2.45, 2.75) is 4.30 Å². The SMILES string of the molecule is Cl.Cl.Cl.ClC(Cl)Cl. The second-order valence-electron chi connectivity index (χ2n) is 0.247. The zero-order valence-corrected chi connectivity index (χ0v) is 7.65. The van der Waals surface area contributed by atoms with Crippen molar-refractivity contribution in [1.29, 1.82) is 0 Å². The van der Waals surface area contributed by atoms with Crippen LogP contribution < -0.4 is 0 Å². The number of halogens is 6. The van der Waals surface area contributed by atoms with Crippen LogP contribution in [0.3, 0.4) is 0 Å². The average molecular weight is 229 g/mol. The third-order valence-corrected chi connectivity index (χ3v) is 0. The van der Waals surface area contributed by atoms with Gasteiger partial charge >= 0.3 is 0 Å². The van der Waals surface area contributed by atoms with Gasteiger partial charge in [0.2, 0.25) is 0 Å². The quantitative estimate of drug-likeness (QED) is 0.559. The van der Waals surface area contributed by atoms with E-state index in [1.54, 1.807) is 0 Å². The van der Waals surface area contributed by atoms with E-state index in [1.165, 1.54) is 0 Å². The Balaban J connectivity index is -0.0000000150. The van der Waals surface area contributed by atoms with E-state index in [4.69, 9.17) is 34.8 Å². The highest BCUT2D eigenvalue weighted by Crippen LogP contribution is 2.03. The third kappa shape index (κ3) is 84.2. The molecular weight excluding hydrogens is 225 g/mol. The highest BCUT2D eigenvalue weighted by Gasteiger charge is 1.78. The summed E-state index contributed by atoms with van der Waals surface area (Å²) in [7, 11) is 0. The van der Waals surface area contributed by atoms with Gasteiger partial charge in [-0.1, -0.05) is 34.8 Å². The minimum Gasteiger partial charge on any atom is -0.147 e. The summed E-state index contributed by atoms with van der Waals surface area (Å²) in [5.41, 5.74) is 0. The van der Waals surface area contributed by atoms with Crippen LogP contribution in [-0.2, 0) is 0 Å². The Labute approximate surface area is 76.1 Å². The first-order valence-corrected chi connectivity index (χ1v) is 1.96. The molecule has 0 aliphatic carbocycles. The van der Waals surface area contributed by atoms with Crippen molar-refractivity contribution < 1.29 is 0 Å². The molecule has 0 saturated carbocycles. The molecule has 0 atom stereocenters. The van der Waals surface area contributed by atoms with Crippen molar-refractivity contribution >= 4 is 72.0 Å². The van der Waals surface area contributed by atoms with Gasteiger partial charge in [0.25, 0.3) is 0 Å². The normalized spacial score (nSPS) is 5.14. The molecule has 0 radical (unpaired) electrons. The molecule has 0 bridgehead atoms. The largest absolute Gasteiger partial charge is 0.180 e. The van der Waals surface area contributed by atoms with Gasteiger partial charge in [-0.2, -0.15) is 0 Å². The predicted octanol–water partition coefficient (Wildman–Crippen LogP) is 3.25. The van der Waals surface area contributed by atoms with Crippen LogP contribution in [0.1, 0.15) is 0 Å². The molecule has 6 heteroatoms. The van der Waals surface area contributed by atoms with E-state index < -0.39 is 4.30 Å². The summed E-state index contributed by atoms with van der Waals surface area (Å²) in [6.45, 7) is 0. The van der Waals surface area contributed by atoms with E-state index in [0.717, 1.165) is 0 Å². The summed E-state index contributed by atoms with van der Waals surface area (Å²) >= 11 is 14.4. The van der Waals surface area contributed by atoms with E-state index >= 15 is 0 Å². The van der Waals surface area contributed by atoms with Crippen molar-refractivity contribution in [2.24, 2.45) is 0 Å². The third-order valence-electron chi connectivity index (χ3n) is 0. The summed E-state index contributed by atoms with van der Waals surface area (Å²) in [4.78, 5) is 0. The van der Waals surface area contributed by atoms with Crippen LogP contribution >= 0.6 is 72.0 Å². The van der Waals surface area contributed by atoms with Crippen molar-refractivity contribution in [3.63, 3.8) is 0 Å². The molecule has 0 unspecified atom stereocenters. The number of hydrogen-bond acceptors (Lipinski definition) is 0. The Morgan fingerprint density at radius 2 is 0.714 bits per heavy atom. The van der Waals surface area contributed by atoms with Crippen LogP contribution in [0, 0.1) is 0 Å². The molecule has 0 amide bonds. The number of rotatable bonds is 0. The lowest BCUT2D eigenvalue weighted by Gasteiger charge is -1.69. The maximum atomic E-state index is 4.81. The van der Waals surface area contributed by atoms with Crippen LogP contribution in [0.15, 0.2) is 0 Å². The van der Waals surface area contributed by atoms with Gasteiger partial charge in [-0.3, -0.25) is 0 Å². The second kappa shape index (κ2) is 15.6. The topological polar surface area (TPSA) is 0 Å². The van der Waals surface area contributed by atoms with Gasteiger partial charge in [0.1, 0.15) is 0 Å². The molecule has 0 heterocycles. The summed E-state index contributed by atoms with van der Waals surface area (Å²) in [6.07, 6.45) is 0. The van der Waals surface area contributed by atoms with Gasteiger partial charge in [-0.15, -0.1) is 37.2 Å². The van der Waals surface area contributed by atoms with E-state index in [9.17, 15) is 0 Å². The molecule has 0 aromatic rings. The Morgan fingerprint density at radius 1 is 0.714 bits per heavy atom. The molecule has 0 aliphatic heterocycles. The van der Waals surface area contributed by atoms with Crippen LogP contribution in [0.4, 0.5) is 0 Å². The van der Waals surface area contributed by atoms with Gasteiger partial charge in [0.05, 0.1) is 0 Å². The van der Waals surface area contributed by atoms with Crippen molar-refractivity contribution in [1.82, 2.24) is 0 Å². The summed E-state index contributed by atoms with van der Waals surface area (Å²) < 4.78 is -0.750. The summed E-state index contributed by atoms with van der Waals surface area (Å²) in [6, 6.07) is 0. The molecule has 7 heavy (non-hydrogen) atoms. The molecule has 0 aromatic carbocycles. The minimum atomic E-state index is -0.750. The van der Waals surface area contributed by atoms with Gasteiger partial charge in [0.15, 0.2) is 4.30 Å². The summed E-state index contributed by atoms with van der Waals surface area (Å²) in [5.74, 6) is 0. The molecule has 0 aromatic heterocycles. The van der Waals surface area contributed by atoms with Crippen LogP contribution in [0.25, 0.3) is 0 Å². The lowest BCUT2D eigenvalue weighted by Crippen LogP contribution is -1.55. The zero-order valence-electron chi connectivity index (χ0n) is 2.94. The summed E-state index contributed by atoms with van der Waals surface area (Å²) in [5, 5.41) is 0. The molecule has 0 fully saturated rings. The molecular formula is CH4Cl6. The predicted molar refractivity (Wildman–Crippen MR) is 43.1 cm³/mol. The Kier molecular flexibility index (Phi) is 52.1. The first-order chi connectivity index (χ1) is 1.73.